The van der Waals surface area contributed by atoms with Gasteiger partial charge < -0.3 is 0 Å². The predicted octanol–water partition coefficient (Wildman–Crippen LogP) is 2.02. The van der Waals surface area contributed by atoms with Gasteiger partial charge in [0.1, 0.15) is 0 Å². The van der Waals surface area contributed by atoms with Gasteiger partial charge in [0.15, 0.2) is 0 Å². The van der Waals surface area contributed by atoms with Gasteiger partial charge in [0.05, 0.1) is 0 Å². The molecule has 0 bridgehead atoms. The summed E-state index contributed by atoms with van der Waals surface area (Å²) < 4.78 is 0. The minimum Gasteiger partial charge on any atom is -0.276 e. The standard InChI is InChI=1S/C5H5N.C3H3ClO/c1-2-4-6-5-3-1;1-2-3(4)5/h1-5H;2H,1H2. The molecule has 0 aliphatic rings. The van der Waals surface area contributed by atoms with Gasteiger partial charge in [-0.15, -0.1) is 0 Å². The Labute approximate surface area is 70.5 Å². The summed E-state index contributed by atoms with van der Waals surface area (Å²) in [5, 5.41) is -0.509. The van der Waals surface area contributed by atoms with Crippen molar-refractivity contribution in [3.05, 3.63) is 43.2 Å². The summed E-state index contributed by atoms with van der Waals surface area (Å²) in [4.78, 5) is 13.2. The van der Waals surface area contributed by atoms with E-state index in [4.69, 9.17) is 11.6 Å². The fourth-order valence-electron chi connectivity index (χ4n) is 0.313. The summed E-state index contributed by atoms with van der Waals surface area (Å²) in [5.74, 6) is 0. The molecular formula is C8H8ClNO. The third-order valence-electron chi connectivity index (χ3n) is 0.727. The summed E-state index contributed by atoms with van der Waals surface area (Å²) in [6.45, 7) is 3.08. The summed E-state index contributed by atoms with van der Waals surface area (Å²) in [7, 11) is 0. The number of nitrogens with zero attached hydrogens (tertiary/aromatic N) is 1. The Bertz CT molecular complexity index is 184. The molecule has 0 aromatic carbocycles. The number of carbonyl (C=O) groups is 1. The molecule has 1 heterocycles. The van der Waals surface area contributed by atoms with Crippen LogP contribution in [0.5, 0.6) is 0 Å². The average molecular weight is 170 g/mol. The molecule has 0 aliphatic heterocycles. The summed E-state index contributed by atoms with van der Waals surface area (Å²) >= 11 is 4.71. The second-order valence-corrected chi connectivity index (χ2v) is 1.91. The molecule has 0 saturated carbocycles. The molecule has 0 aliphatic carbocycles. The normalized spacial score (nSPS) is 7.36. The molecular weight excluding hydrogens is 162 g/mol. The van der Waals surface area contributed by atoms with Crippen molar-refractivity contribution in [2.24, 2.45) is 0 Å². The van der Waals surface area contributed by atoms with Crippen LogP contribution in [0.4, 0.5) is 0 Å². The van der Waals surface area contributed by atoms with Crippen LogP contribution in [0.15, 0.2) is 43.2 Å². The number of allylic oxidation sites excluding steroid dienone is 1. The minimum absolute atomic E-state index is 0.509. The third-order valence-corrected chi connectivity index (χ3v) is 0.881. The molecule has 58 valence electrons. The van der Waals surface area contributed by atoms with Crippen molar-refractivity contribution in [1.82, 2.24) is 4.98 Å². The van der Waals surface area contributed by atoms with Gasteiger partial charge >= 0.3 is 0 Å². The fraction of sp³-hybridized carbons (Fsp3) is 0. The molecule has 0 amide bonds. The molecule has 2 nitrogen and oxygen atoms in total. The van der Waals surface area contributed by atoms with Crippen molar-refractivity contribution in [1.29, 1.82) is 0 Å². The summed E-state index contributed by atoms with van der Waals surface area (Å²) in [5.41, 5.74) is 0. The van der Waals surface area contributed by atoms with Crippen molar-refractivity contribution in [2.45, 2.75) is 0 Å². The van der Waals surface area contributed by atoms with Crippen LogP contribution < -0.4 is 0 Å². The molecule has 1 aromatic heterocycles. The number of halogens is 1. The number of hydrogen-bond donors (Lipinski definition) is 0. The van der Waals surface area contributed by atoms with Crippen LogP contribution in [0.25, 0.3) is 0 Å². The highest BCUT2D eigenvalue weighted by atomic mass is 35.5. The number of rotatable bonds is 1. The van der Waals surface area contributed by atoms with Crippen LogP contribution in [0, 0.1) is 0 Å². The van der Waals surface area contributed by atoms with Gasteiger partial charge in [0.2, 0.25) is 5.24 Å². The molecule has 0 fully saturated rings. The molecule has 0 radical (unpaired) electrons. The topological polar surface area (TPSA) is 30.0 Å². The number of pyridine rings is 1. The summed E-state index contributed by atoms with van der Waals surface area (Å²) in [6.07, 6.45) is 4.54. The van der Waals surface area contributed by atoms with E-state index >= 15 is 0 Å². The van der Waals surface area contributed by atoms with Gasteiger partial charge in [0, 0.05) is 12.4 Å². The monoisotopic (exact) mass is 169 g/mol. The van der Waals surface area contributed by atoms with Crippen LogP contribution in [-0.2, 0) is 4.79 Å². The number of aromatic nitrogens is 1. The highest BCUT2D eigenvalue weighted by molar-refractivity contribution is 6.66. The maximum absolute atomic E-state index is 9.46. The van der Waals surface area contributed by atoms with Crippen LogP contribution in [0.3, 0.4) is 0 Å². The summed E-state index contributed by atoms with van der Waals surface area (Å²) in [6, 6.07) is 5.72. The lowest BCUT2D eigenvalue weighted by molar-refractivity contribution is -0.107. The molecule has 11 heavy (non-hydrogen) atoms. The van der Waals surface area contributed by atoms with Crippen LogP contribution in [0.1, 0.15) is 0 Å². The van der Waals surface area contributed by atoms with Gasteiger partial charge in [-0.3, -0.25) is 9.78 Å². The van der Waals surface area contributed by atoms with Crippen LogP contribution in [0.2, 0.25) is 0 Å². The SMILES string of the molecule is C=CC(=O)Cl.c1ccncc1. The quantitative estimate of drug-likeness (QED) is 0.476. The Kier molecular flexibility index (Phi) is 6.24. The molecule has 1 rings (SSSR count). The van der Waals surface area contributed by atoms with E-state index in [1.165, 1.54) is 0 Å². The first-order valence-corrected chi connectivity index (χ1v) is 3.32. The Morgan fingerprint density at radius 3 is 1.91 bits per heavy atom. The van der Waals surface area contributed by atoms with Crippen molar-refractivity contribution in [3.63, 3.8) is 0 Å². The van der Waals surface area contributed by atoms with Crippen molar-refractivity contribution >= 4 is 16.8 Å². The van der Waals surface area contributed by atoms with Gasteiger partial charge in [0.25, 0.3) is 0 Å². The molecule has 0 atom stereocenters. The largest absolute Gasteiger partial charge is 0.276 e. The third kappa shape index (κ3) is 8.85. The fourth-order valence-corrected chi connectivity index (χ4v) is 0.313. The zero-order chi connectivity index (χ0) is 8.53. The zero-order valence-corrected chi connectivity index (χ0v) is 6.66. The maximum atomic E-state index is 9.46. The van der Waals surface area contributed by atoms with Crippen LogP contribution >= 0.6 is 11.6 Å². The smallest absolute Gasteiger partial charge is 0.244 e. The lowest BCUT2D eigenvalue weighted by Crippen LogP contribution is -1.67. The molecule has 0 N–H and O–H groups in total. The van der Waals surface area contributed by atoms with E-state index in [1.807, 2.05) is 18.2 Å². The van der Waals surface area contributed by atoms with Crippen LogP contribution in [-0.4, -0.2) is 10.2 Å². The van der Waals surface area contributed by atoms with Crippen molar-refractivity contribution < 1.29 is 4.79 Å². The molecule has 0 saturated heterocycles. The van der Waals surface area contributed by atoms with E-state index in [2.05, 4.69) is 11.6 Å². The Hall–Kier alpha value is -1.15. The highest BCUT2D eigenvalue weighted by Gasteiger charge is 1.74. The van der Waals surface area contributed by atoms with E-state index in [9.17, 15) is 4.79 Å². The lowest BCUT2D eigenvalue weighted by atomic mass is 10.5. The average Bonchev–Trinajstić information content (AvgIpc) is 2.09. The van der Waals surface area contributed by atoms with E-state index < -0.39 is 5.24 Å². The van der Waals surface area contributed by atoms with Gasteiger partial charge in [-0.25, -0.2) is 0 Å². The number of carbonyl (C=O) groups excluding carboxylic acids is 1. The van der Waals surface area contributed by atoms with E-state index in [1.54, 1.807) is 12.4 Å². The molecule has 0 spiro atoms. The molecule has 3 heteroatoms. The highest BCUT2D eigenvalue weighted by Crippen LogP contribution is 1.74. The van der Waals surface area contributed by atoms with Gasteiger partial charge in [-0.1, -0.05) is 12.6 Å². The number of hydrogen-bond acceptors (Lipinski definition) is 2. The second-order valence-electron chi connectivity index (χ2n) is 1.53. The van der Waals surface area contributed by atoms with Gasteiger partial charge in [-0.2, -0.15) is 0 Å². The second kappa shape index (κ2) is 6.96. The minimum atomic E-state index is -0.509. The first-order valence-electron chi connectivity index (χ1n) is 2.94. The van der Waals surface area contributed by atoms with Crippen molar-refractivity contribution in [3.8, 4) is 0 Å². The Morgan fingerprint density at radius 2 is 1.82 bits per heavy atom. The first-order chi connectivity index (χ1) is 5.27. The Morgan fingerprint density at radius 1 is 1.36 bits per heavy atom. The predicted molar refractivity (Wildman–Crippen MR) is 45.3 cm³/mol. The zero-order valence-electron chi connectivity index (χ0n) is 5.90. The van der Waals surface area contributed by atoms with Gasteiger partial charge in [-0.05, 0) is 29.8 Å². The lowest BCUT2D eigenvalue weighted by Gasteiger charge is -1.70. The van der Waals surface area contributed by atoms with Crippen molar-refractivity contribution in [2.75, 3.05) is 0 Å². The maximum Gasteiger partial charge on any atom is 0.244 e. The van der Waals surface area contributed by atoms with E-state index in [0.717, 1.165) is 6.08 Å². The van der Waals surface area contributed by atoms with E-state index in [0.29, 0.717) is 0 Å². The molecule has 0 unspecified atom stereocenters. The Balaban J connectivity index is 0.000000187. The first kappa shape index (κ1) is 9.85. The van der Waals surface area contributed by atoms with E-state index in [-0.39, 0.29) is 0 Å². The molecule has 1 aromatic rings.